The highest BCUT2D eigenvalue weighted by molar-refractivity contribution is 6.34. The molecule has 2 nitrogen and oxygen atoms in total. The third-order valence-electron chi connectivity index (χ3n) is 1.60. The Morgan fingerprint density at radius 1 is 1.50 bits per heavy atom. The molecule has 0 spiro atoms. The molecule has 1 aromatic rings. The molecule has 0 heterocycles. The summed E-state index contributed by atoms with van der Waals surface area (Å²) in [7, 11) is 0. The zero-order chi connectivity index (χ0) is 10.6. The predicted octanol–water partition coefficient (Wildman–Crippen LogP) is 3.53. The van der Waals surface area contributed by atoms with Gasteiger partial charge in [-0.25, -0.2) is 0 Å². The van der Waals surface area contributed by atoms with Crippen LogP contribution >= 0.6 is 23.2 Å². The van der Waals surface area contributed by atoms with E-state index >= 15 is 0 Å². The molecule has 74 valence electrons. The molecule has 0 saturated heterocycles. The van der Waals surface area contributed by atoms with E-state index in [-0.39, 0.29) is 5.92 Å². The molecule has 0 aliphatic heterocycles. The van der Waals surface area contributed by atoms with Crippen LogP contribution in [0.2, 0.25) is 10.0 Å². The van der Waals surface area contributed by atoms with Gasteiger partial charge in [-0.2, -0.15) is 5.26 Å². The largest absolute Gasteiger partial charge is 0.491 e. The predicted molar refractivity (Wildman–Crippen MR) is 56.7 cm³/mol. The van der Waals surface area contributed by atoms with E-state index in [1.54, 1.807) is 25.1 Å². The highest BCUT2D eigenvalue weighted by Gasteiger charge is 2.05. The molecule has 1 unspecified atom stereocenters. The summed E-state index contributed by atoms with van der Waals surface area (Å²) < 4.78 is 5.33. The Morgan fingerprint density at radius 3 is 2.86 bits per heavy atom. The van der Waals surface area contributed by atoms with Gasteiger partial charge in [0.2, 0.25) is 0 Å². The Bertz CT molecular complexity index is 360. The molecule has 1 atom stereocenters. The number of nitrogens with zero attached hydrogens (tertiary/aromatic N) is 1. The lowest BCUT2D eigenvalue weighted by Crippen LogP contribution is -2.06. The van der Waals surface area contributed by atoms with Crippen LogP contribution < -0.4 is 4.74 Å². The summed E-state index contributed by atoms with van der Waals surface area (Å²) in [6.07, 6.45) is 0. The van der Waals surface area contributed by atoms with Gasteiger partial charge in [-0.15, -0.1) is 0 Å². The van der Waals surface area contributed by atoms with Gasteiger partial charge < -0.3 is 4.74 Å². The number of hydrogen-bond donors (Lipinski definition) is 0. The maximum absolute atomic E-state index is 8.55. The molecule has 0 bridgehead atoms. The fraction of sp³-hybridized carbons (Fsp3) is 0.300. The van der Waals surface area contributed by atoms with Gasteiger partial charge in [0.05, 0.1) is 17.0 Å². The van der Waals surface area contributed by atoms with Crippen molar-refractivity contribution in [2.45, 2.75) is 6.92 Å². The Balaban J connectivity index is 2.67. The second-order valence-electron chi connectivity index (χ2n) is 2.92. The lowest BCUT2D eigenvalue weighted by atomic mass is 10.2. The van der Waals surface area contributed by atoms with Gasteiger partial charge in [0.25, 0.3) is 0 Å². The van der Waals surface area contributed by atoms with Gasteiger partial charge in [-0.3, -0.25) is 0 Å². The maximum atomic E-state index is 8.55. The lowest BCUT2D eigenvalue weighted by Gasteiger charge is -2.08. The molecule has 1 aromatic carbocycles. The van der Waals surface area contributed by atoms with Crippen molar-refractivity contribution in [2.24, 2.45) is 5.92 Å². The van der Waals surface area contributed by atoms with Gasteiger partial charge in [0, 0.05) is 11.1 Å². The summed E-state index contributed by atoms with van der Waals surface area (Å²) >= 11 is 11.6. The number of halogens is 2. The summed E-state index contributed by atoms with van der Waals surface area (Å²) in [4.78, 5) is 0. The van der Waals surface area contributed by atoms with E-state index < -0.39 is 0 Å². The van der Waals surface area contributed by atoms with Crippen molar-refractivity contribution in [3.8, 4) is 11.8 Å². The molecular formula is C10H9Cl2NO. The summed E-state index contributed by atoms with van der Waals surface area (Å²) in [5.74, 6) is 0.353. The van der Waals surface area contributed by atoms with Crippen LogP contribution in [0.5, 0.6) is 5.75 Å². The van der Waals surface area contributed by atoms with Crippen molar-refractivity contribution in [3.05, 3.63) is 28.2 Å². The molecule has 4 heteroatoms. The average molecular weight is 230 g/mol. The second kappa shape index (κ2) is 5.09. The normalized spacial score (nSPS) is 11.9. The topological polar surface area (TPSA) is 33.0 Å². The molecule has 0 aliphatic rings. The Labute approximate surface area is 93.0 Å². The maximum Gasteiger partial charge on any atom is 0.139 e. The first-order valence-corrected chi connectivity index (χ1v) is 4.86. The van der Waals surface area contributed by atoms with Gasteiger partial charge in [0.1, 0.15) is 12.4 Å². The number of nitriles is 1. The fourth-order valence-corrected chi connectivity index (χ4v) is 1.17. The molecule has 0 saturated carbocycles. The zero-order valence-electron chi connectivity index (χ0n) is 7.63. The van der Waals surface area contributed by atoms with E-state index in [0.29, 0.717) is 22.4 Å². The lowest BCUT2D eigenvalue weighted by molar-refractivity contribution is 0.288. The number of rotatable bonds is 3. The standard InChI is InChI=1S/C10H9Cl2NO/c1-7(5-13)6-14-10-4-8(11)2-3-9(10)12/h2-4,7H,6H2,1H3. The summed E-state index contributed by atoms with van der Waals surface area (Å²) in [6.45, 7) is 2.09. The molecule has 1 rings (SSSR count). The van der Waals surface area contributed by atoms with Crippen molar-refractivity contribution in [1.82, 2.24) is 0 Å². The quantitative estimate of drug-likeness (QED) is 0.795. The van der Waals surface area contributed by atoms with Crippen LogP contribution in [0, 0.1) is 17.2 Å². The third-order valence-corrected chi connectivity index (χ3v) is 2.15. The molecule has 0 N–H and O–H groups in total. The van der Waals surface area contributed by atoms with Crippen molar-refractivity contribution in [2.75, 3.05) is 6.61 Å². The Morgan fingerprint density at radius 2 is 2.21 bits per heavy atom. The molecule has 0 radical (unpaired) electrons. The number of hydrogen-bond acceptors (Lipinski definition) is 2. The van der Waals surface area contributed by atoms with Crippen molar-refractivity contribution in [3.63, 3.8) is 0 Å². The summed E-state index contributed by atoms with van der Waals surface area (Å²) in [5.41, 5.74) is 0. The minimum absolute atomic E-state index is 0.162. The Kier molecular flexibility index (Phi) is 4.06. The monoisotopic (exact) mass is 229 g/mol. The van der Waals surface area contributed by atoms with E-state index in [1.165, 1.54) is 0 Å². The first kappa shape index (κ1) is 11.2. The SMILES string of the molecule is CC(C#N)COc1cc(Cl)ccc1Cl. The van der Waals surface area contributed by atoms with Crippen LogP contribution in [-0.4, -0.2) is 6.61 Å². The fourth-order valence-electron chi connectivity index (χ4n) is 0.840. The van der Waals surface area contributed by atoms with E-state index in [1.807, 2.05) is 0 Å². The van der Waals surface area contributed by atoms with Crippen molar-refractivity contribution >= 4 is 23.2 Å². The van der Waals surface area contributed by atoms with E-state index in [0.717, 1.165) is 0 Å². The first-order valence-electron chi connectivity index (χ1n) is 4.11. The minimum atomic E-state index is -0.162. The highest BCUT2D eigenvalue weighted by Crippen LogP contribution is 2.27. The Hall–Kier alpha value is -0.910. The molecule has 0 amide bonds. The van der Waals surface area contributed by atoms with Gasteiger partial charge in [-0.1, -0.05) is 23.2 Å². The van der Waals surface area contributed by atoms with Crippen LogP contribution in [0.1, 0.15) is 6.92 Å². The second-order valence-corrected chi connectivity index (χ2v) is 3.76. The molecule has 0 fully saturated rings. The number of ether oxygens (including phenoxy) is 1. The van der Waals surface area contributed by atoms with Crippen molar-refractivity contribution in [1.29, 1.82) is 5.26 Å². The average Bonchev–Trinajstić information content (AvgIpc) is 2.19. The van der Waals surface area contributed by atoms with Crippen LogP contribution in [-0.2, 0) is 0 Å². The molecule has 0 aromatic heterocycles. The van der Waals surface area contributed by atoms with E-state index in [4.69, 9.17) is 33.2 Å². The zero-order valence-corrected chi connectivity index (χ0v) is 9.14. The smallest absolute Gasteiger partial charge is 0.139 e. The summed E-state index contributed by atoms with van der Waals surface area (Å²) in [5, 5.41) is 9.61. The van der Waals surface area contributed by atoms with Gasteiger partial charge in [0.15, 0.2) is 0 Å². The van der Waals surface area contributed by atoms with E-state index in [9.17, 15) is 0 Å². The van der Waals surface area contributed by atoms with Gasteiger partial charge in [-0.05, 0) is 19.1 Å². The van der Waals surface area contributed by atoms with Crippen LogP contribution in [0.15, 0.2) is 18.2 Å². The van der Waals surface area contributed by atoms with E-state index in [2.05, 4.69) is 6.07 Å². The third kappa shape index (κ3) is 3.10. The first-order chi connectivity index (χ1) is 6.63. The molecular weight excluding hydrogens is 221 g/mol. The molecule has 14 heavy (non-hydrogen) atoms. The van der Waals surface area contributed by atoms with Crippen LogP contribution in [0.3, 0.4) is 0 Å². The van der Waals surface area contributed by atoms with Crippen molar-refractivity contribution < 1.29 is 4.74 Å². The highest BCUT2D eigenvalue weighted by atomic mass is 35.5. The molecule has 0 aliphatic carbocycles. The summed E-state index contributed by atoms with van der Waals surface area (Å²) in [6, 6.07) is 7.05. The van der Waals surface area contributed by atoms with Crippen LogP contribution in [0.4, 0.5) is 0 Å². The van der Waals surface area contributed by atoms with Gasteiger partial charge >= 0.3 is 0 Å². The number of benzene rings is 1. The minimum Gasteiger partial charge on any atom is -0.491 e. The van der Waals surface area contributed by atoms with Crippen LogP contribution in [0.25, 0.3) is 0 Å².